The van der Waals surface area contributed by atoms with Crippen molar-refractivity contribution in [2.45, 2.75) is 45.3 Å². The van der Waals surface area contributed by atoms with Crippen molar-refractivity contribution in [1.29, 1.82) is 0 Å². The standard InChI is InChI=1S/C23H27N3O3/c1-14-21(25-18-7-5-6-16(12-18)13-24-23(28)29)19-8-3-4-9-20(19)26(15(2)27)22(14)17-10-11-17/h3-9,12,14,17,21-22,24-25H,10-11,13H2,1-2H3,(H,28,29)/t14-,21-,22-/m1/s1. The molecular formula is C23H27N3O3. The molecule has 2 amide bonds. The van der Waals surface area contributed by atoms with Crippen LogP contribution < -0.4 is 15.5 Å². The molecule has 4 rings (SSSR count). The van der Waals surface area contributed by atoms with Crippen molar-refractivity contribution in [2.24, 2.45) is 11.8 Å². The first kappa shape index (κ1) is 19.3. The summed E-state index contributed by atoms with van der Waals surface area (Å²) in [5.41, 5.74) is 3.97. The number of rotatable bonds is 5. The lowest BCUT2D eigenvalue weighted by molar-refractivity contribution is -0.117. The van der Waals surface area contributed by atoms with E-state index in [9.17, 15) is 9.59 Å². The minimum absolute atomic E-state index is 0.0788. The van der Waals surface area contributed by atoms with Crippen molar-refractivity contribution < 1.29 is 14.7 Å². The molecule has 1 heterocycles. The number of nitrogens with zero attached hydrogens (tertiary/aromatic N) is 1. The Morgan fingerprint density at radius 2 is 1.90 bits per heavy atom. The molecule has 0 unspecified atom stereocenters. The smallest absolute Gasteiger partial charge is 0.404 e. The van der Waals surface area contributed by atoms with Crippen LogP contribution in [0.25, 0.3) is 0 Å². The van der Waals surface area contributed by atoms with E-state index in [1.165, 1.54) is 12.8 Å². The van der Waals surface area contributed by atoms with Gasteiger partial charge in [0.15, 0.2) is 0 Å². The fourth-order valence-corrected chi connectivity index (χ4v) is 4.64. The SMILES string of the molecule is CC(=O)N1c2ccccc2[C@H](Nc2cccc(CNC(=O)O)c2)[C@@H](C)[C@@H]1C1CC1. The van der Waals surface area contributed by atoms with Gasteiger partial charge in [-0.2, -0.15) is 0 Å². The monoisotopic (exact) mass is 393 g/mol. The second-order valence-electron chi connectivity index (χ2n) is 8.12. The third-order valence-corrected chi connectivity index (χ3v) is 6.03. The van der Waals surface area contributed by atoms with E-state index in [0.29, 0.717) is 5.92 Å². The van der Waals surface area contributed by atoms with Crippen molar-refractivity contribution in [1.82, 2.24) is 5.32 Å². The van der Waals surface area contributed by atoms with E-state index in [0.717, 1.165) is 22.5 Å². The number of nitrogens with one attached hydrogen (secondary N) is 2. The van der Waals surface area contributed by atoms with Gasteiger partial charge in [-0.15, -0.1) is 0 Å². The maximum atomic E-state index is 12.5. The van der Waals surface area contributed by atoms with Crippen molar-refractivity contribution in [3.8, 4) is 0 Å². The molecule has 0 bridgehead atoms. The zero-order valence-corrected chi connectivity index (χ0v) is 16.8. The number of para-hydroxylation sites is 1. The quantitative estimate of drug-likeness (QED) is 0.704. The summed E-state index contributed by atoms with van der Waals surface area (Å²) in [6, 6.07) is 16.2. The third-order valence-electron chi connectivity index (χ3n) is 6.03. The molecule has 0 spiro atoms. The van der Waals surface area contributed by atoms with Crippen molar-refractivity contribution in [3.63, 3.8) is 0 Å². The molecule has 1 fully saturated rings. The van der Waals surface area contributed by atoms with Gasteiger partial charge >= 0.3 is 6.09 Å². The number of carbonyl (C=O) groups is 2. The van der Waals surface area contributed by atoms with E-state index in [-0.39, 0.29) is 30.5 Å². The molecule has 6 nitrogen and oxygen atoms in total. The van der Waals surface area contributed by atoms with Crippen LogP contribution >= 0.6 is 0 Å². The van der Waals surface area contributed by atoms with Crippen LogP contribution in [0.5, 0.6) is 0 Å². The van der Waals surface area contributed by atoms with Gasteiger partial charge < -0.3 is 20.6 Å². The molecule has 1 aliphatic carbocycles. The summed E-state index contributed by atoms with van der Waals surface area (Å²) < 4.78 is 0. The van der Waals surface area contributed by atoms with Gasteiger partial charge in [0.25, 0.3) is 0 Å². The van der Waals surface area contributed by atoms with E-state index >= 15 is 0 Å². The molecule has 2 aromatic rings. The van der Waals surface area contributed by atoms with E-state index < -0.39 is 6.09 Å². The van der Waals surface area contributed by atoms with Gasteiger partial charge in [-0.05, 0) is 48.1 Å². The number of carboxylic acid groups (broad SMARTS) is 1. The predicted octanol–water partition coefficient (Wildman–Crippen LogP) is 4.39. The van der Waals surface area contributed by atoms with Crippen molar-refractivity contribution in [2.75, 3.05) is 10.2 Å². The molecule has 2 aromatic carbocycles. The van der Waals surface area contributed by atoms with Crippen LogP contribution in [0, 0.1) is 11.8 Å². The Morgan fingerprint density at radius 3 is 2.59 bits per heavy atom. The average molecular weight is 393 g/mol. The van der Waals surface area contributed by atoms with Gasteiger partial charge in [-0.1, -0.05) is 37.3 Å². The minimum atomic E-state index is -1.03. The Morgan fingerprint density at radius 1 is 1.14 bits per heavy atom. The maximum Gasteiger partial charge on any atom is 0.404 e. The summed E-state index contributed by atoms with van der Waals surface area (Å²) in [5, 5.41) is 14.9. The maximum absolute atomic E-state index is 12.5. The Bertz CT molecular complexity index is 925. The number of fused-ring (bicyclic) bond motifs is 1. The predicted molar refractivity (Wildman–Crippen MR) is 113 cm³/mol. The molecule has 6 heteroatoms. The summed E-state index contributed by atoms with van der Waals surface area (Å²) in [4.78, 5) is 25.3. The number of benzene rings is 2. The molecule has 29 heavy (non-hydrogen) atoms. The lowest BCUT2D eigenvalue weighted by Crippen LogP contribution is -2.51. The summed E-state index contributed by atoms with van der Waals surface area (Å²) in [7, 11) is 0. The van der Waals surface area contributed by atoms with Crippen LogP contribution in [0.2, 0.25) is 0 Å². The molecule has 0 saturated heterocycles. The molecule has 3 N–H and O–H groups in total. The van der Waals surface area contributed by atoms with Crippen LogP contribution in [0.1, 0.15) is 43.9 Å². The highest BCUT2D eigenvalue weighted by molar-refractivity contribution is 5.94. The third kappa shape index (κ3) is 3.92. The number of hydrogen-bond acceptors (Lipinski definition) is 3. The zero-order chi connectivity index (χ0) is 20.5. The summed E-state index contributed by atoms with van der Waals surface area (Å²) in [6.45, 7) is 4.15. The van der Waals surface area contributed by atoms with E-state index in [1.807, 2.05) is 47.4 Å². The average Bonchev–Trinajstić information content (AvgIpc) is 3.53. The molecule has 2 aliphatic rings. The Labute approximate surface area is 170 Å². The highest BCUT2D eigenvalue weighted by Gasteiger charge is 2.47. The minimum Gasteiger partial charge on any atom is -0.465 e. The lowest BCUT2D eigenvalue weighted by Gasteiger charge is -2.46. The zero-order valence-electron chi connectivity index (χ0n) is 16.8. The second-order valence-corrected chi connectivity index (χ2v) is 8.12. The van der Waals surface area contributed by atoms with Crippen molar-refractivity contribution >= 4 is 23.4 Å². The fourth-order valence-electron chi connectivity index (χ4n) is 4.64. The number of anilines is 2. The Kier molecular flexibility index (Phi) is 5.18. The van der Waals surface area contributed by atoms with Crippen LogP contribution in [0.4, 0.5) is 16.2 Å². The Balaban J connectivity index is 1.66. The van der Waals surface area contributed by atoms with Crippen LogP contribution in [-0.2, 0) is 11.3 Å². The molecular weight excluding hydrogens is 366 g/mol. The van der Waals surface area contributed by atoms with E-state index in [2.05, 4.69) is 23.6 Å². The number of carbonyl (C=O) groups excluding carboxylic acids is 1. The van der Waals surface area contributed by atoms with Gasteiger partial charge in [0.05, 0.1) is 6.04 Å². The van der Waals surface area contributed by atoms with Gasteiger partial charge in [0, 0.05) is 36.8 Å². The Hall–Kier alpha value is -3.02. The summed E-state index contributed by atoms with van der Waals surface area (Å²) in [6.07, 6.45) is 1.31. The first-order valence-electron chi connectivity index (χ1n) is 10.2. The number of amides is 2. The second kappa shape index (κ2) is 7.78. The molecule has 1 aliphatic heterocycles. The van der Waals surface area contributed by atoms with Gasteiger partial charge in [0.1, 0.15) is 0 Å². The largest absolute Gasteiger partial charge is 0.465 e. The molecule has 0 radical (unpaired) electrons. The summed E-state index contributed by atoms with van der Waals surface area (Å²) in [5.74, 6) is 0.904. The topological polar surface area (TPSA) is 81.7 Å². The van der Waals surface area contributed by atoms with Gasteiger partial charge in [0.2, 0.25) is 5.91 Å². The van der Waals surface area contributed by atoms with Crippen molar-refractivity contribution in [3.05, 3.63) is 59.7 Å². The summed E-state index contributed by atoms with van der Waals surface area (Å²) >= 11 is 0. The molecule has 3 atom stereocenters. The fraction of sp³-hybridized carbons (Fsp3) is 0.391. The normalized spacial score (nSPS) is 23.2. The molecule has 152 valence electrons. The van der Waals surface area contributed by atoms with Crippen LogP contribution in [0.15, 0.2) is 48.5 Å². The highest BCUT2D eigenvalue weighted by atomic mass is 16.4. The van der Waals surface area contributed by atoms with Gasteiger partial charge in [-0.25, -0.2) is 4.79 Å². The lowest BCUT2D eigenvalue weighted by atomic mass is 9.80. The highest BCUT2D eigenvalue weighted by Crippen LogP contribution is 2.49. The first-order valence-corrected chi connectivity index (χ1v) is 10.2. The first-order chi connectivity index (χ1) is 14.0. The van der Waals surface area contributed by atoms with E-state index in [1.54, 1.807) is 6.92 Å². The molecule has 1 saturated carbocycles. The number of hydrogen-bond donors (Lipinski definition) is 3. The van der Waals surface area contributed by atoms with Crippen LogP contribution in [-0.4, -0.2) is 23.1 Å². The van der Waals surface area contributed by atoms with Crippen LogP contribution in [0.3, 0.4) is 0 Å². The van der Waals surface area contributed by atoms with Gasteiger partial charge in [-0.3, -0.25) is 4.79 Å². The van der Waals surface area contributed by atoms with E-state index in [4.69, 9.17) is 5.11 Å². The molecule has 0 aromatic heterocycles.